The Morgan fingerprint density at radius 3 is 2.28 bits per heavy atom. The van der Waals surface area contributed by atoms with Crippen molar-refractivity contribution in [2.45, 2.75) is 29.6 Å². The second kappa shape index (κ2) is 10.9. The molecule has 13 heteroatoms. The Bertz CT molecular complexity index is 1560. The molecule has 1 aromatic heterocycles. The summed E-state index contributed by atoms with van der Waals surface area (Å²) in [4.78, 5) is 26.0. The quantitative estimate of drug-likeness (QED) is 0.385. The fourth-order valence-corrected chi connectivity index (χ4v) is 7.36. The van der Waals surface area contributed by atoms with Crippen LogP contribution in [0.1, 0.15) is 28.8 Å². The second-order valence-corrected chi connectivity index (χ2v) is 13.1. The molecule has 3 aromatic rings. The first-order chi connectivity index (χ1) is 18.6. The minimum absolute atomic E-state index is 0.0293. The molecule has 206 valence electrons. The summed E-state index contributed by atoms with van der Waals surface area (Å²) in [5, 5.41) is 0. The predicted molar refractivity (Wildman–Crippen MR) is 147 cm³/mol. The number of nitrogens with zero attached hydrogens (tertiary/aromatic N) is 5. The zero-order valence-corrected chi connectivity index (χ0v) is 23.2. The maximum atomic E-state index is 13.0. The Morgan fingerprint density at radius 1 is 0.923 bits per heavy atom. The van der Waals surface area contributed by atoms with Crippen molar-refractivity contribution in [1.82, 2.24) is 19.2 Å². The molecule has 1 amide bonds. The van der Waals surface area contributed by atoms with Crippen LogP contribution in [-0.2, 0) is 20.0 Å². The van der Waals surface area contributed by atoms with Gasteiger partial charge in [0, 0.05) is 50.8 Å². The molecular weight excluding hydrogens is 540 g/mol. The number of amides is 1. The molecule has 0 radical (unpaired) electrons. The van der Waals surface area contributed by atoms with Crippen molar-refractivity contribution >= 4 is 37.6 Å². The van der Waals surface area contributed by atoms with E-state index in [-0.39, 0.29) is 27.6 Å². The van der Waals surface area contributed by atoms with Gasteiger partial charge >= 0.3 is 0 Å². The van der Waals surface area contributed by atoms with Crippen molar-refractivity contribution in [2.75, 3.05) is 48.9 Å². The van der Waals surface area contributed by atoms with Gasteiger partial charge in [-0.1, -0.05) is 17.7 Å². The number of benzene rings is 2. The van der Waals surface area contributed by atoms with E-state index in [1.165, 1.54) is 30.3 Å². The van der Waals surface area contributed by atoms with Crippen LogP contribution in [0.25, 0.3) is 0 Å². The second-order valence-electron chi connectivity index (χ2n) is 9.60. The van der Waals surface area contributed by atoms with Crippen molar-refractivity contribution in [2.24, 2.45) is 0 Å². The average molecular weight is 571 g/mol. The van der Waals surface area contributed by atoms with E-state index < -0.39 is 26.0 Å². The SMILES string of the molecule is Cc1ccc(S(=O)(=O)Nc2ccc3c(c2)C(=O)N(CCCCN2CCN(c4ncccn4)CC2)S3(=O)=O)cc1. The third-order valence-electron chi connectivity index (χ3n) is 6.88. The third-order valence-corrected chi connectivity index (χ3v) is 10.1. The normalized spacial score (nSPS) is 17.3. The van der Waals surface area contributed by atoms with Crippen LogP contribution in [-0.4, -0.2) is 81.2 Å². The maximum Gasteiger partial charge on any atom is 0.269 e. The van der Waals surface area contributed by atoms with E-state index in [4.69, 9.17) is 0 Å². The third kappa shape index (κ3) is 5.75. The number of unbranched alkanes of at least 4 members (excludes halogenated alkanes) is 1. The molecule has 39 heavy (non-hydrogen) atoms. The molecule has 2 aliphatic rings. The largest absolute Gasteiger partial charge is 0.338 e. The molecule has 5 rings (SSSR count). The van der Waals surface area contributed by atoms with Gasteiger partial charge in [-0.25, -0.2) is 31.1 Å². The van der Waals surface area contributed by atoms with E-state index in [1.807, 2.05) is 6.92 Å². The lowest BCUT2D eigenvalue weighted by molar-refractivity contribution is 0.0868. The molecule has 1 fully saturated rings. The van der Waals surface area contributed by atoms with E-state index in [9.17, 15) is 21.6 Å². The molecule has 1 N–H and O–H groups in total. The number of hydrogen-bond acceptors (Lipinski definition) is 9. The molecule has 0 spiro atoms. The number of piperazine rings is 1. The van der Waals surface area contributed by atoms with E-state index >= 15 is 0 Å². The van der Waals surface area contributed by atoms with E-state index in [0.717, 1.165) is 55.0 Å². The van der Waals surface area contributed by atoms with E-state index in [2.05, 4.69) is 24.5 Å². The lowest BCUT2D eigenvalue weighted by Gasteiger charge is -2.34. The molecule has 3 heterocycles. The number of rotatable bonds is 9. The van der Waals surface area contributed by atoms with Crippen LogP contribution in [0.5, 0.6) is 0 Å². The number of fused-ring (bicyclic) bond motifs is 1. The predicted octanol–water partition coefficient (Wildman–Crippen LogP) is 2.33. The summed E-state index contributed by atoms with van der Waals surface area (Å²) < 4.78 is 54.9. The van der Waals surface area contributed by atoms with Crippen LogP contribution in [0, 0.1) is 6.92 Å². The molecule has 2 aromatic carbocycles. The summed E-state index contributed by atoms with van der Waals surface area (Å²) in [6.45, 7) is 6.05. The fourth-order valence-electron chi connectivity index (χ4n) is 4.72. The monoisotopic (exact) mass is 570 g/mol. The maximum absolute atomic E-state index is 13.0. The van der Waals surface area contributed by atoms with Crippen LogP contribution in [0.3, 0.4) is 0 Å². The highest BCUT2D eigenvalue weighted by molar-refractivity contribution is 7.92. The summed E-state index contributed by atoms with van der Waals surface area (Å²) in [7, 11) is -7.88. The number of carbonyl (C=O) groups is 1. The van der Waals surface area contributed by atoms with E-state index in [0.29, 0.717) is 6.42 Å². The van der Waals surface area contributed by atoms with Gasteiger partial charge in [-0.05, 0) is 62.7 Å². The Labute approximate surface area is 228 Å². The first kappa shape index (κ1) is 27.0. The Morgan fingerprint density at radius 2 is 1.59 bits per heavy atom. The first-order valence-corrected chi connectivity index (χ1v) is 15.6. The summed E-state index contributed by atoms with van der Waals surface area (Å²) in [6, 6.07) is 12.1. The molecule has 0 unspecified atom stereocenters. The smallest absolute Gasteiger partial charge is 0.269 e. The van der Waals surface area contributed by atoms with Gasteiger partial charge in [-0.15, -0.1) is 0 Å². The Kier molecular flexibility index (Phi) is 7.56. The number of carbonyl (C=O) groups excluding carboxylic acids is 1. The van der Waals surface area contributed by atoms with Gasteiger partial charge in [0.25, 0.3) is 26.0 Å². The van der Waals surface area contributed by atoms with Gasteiger partial charge in [0.05, 0.1) is 10.5 Å². The highest BCUT2D eigenvalue weighted by Gasteiger charge is 2.41. The molecule has 1 saturated heterocycles. The summed E-state index contributed by atoms with van der Waals surface area (Å²) in [6.07, 6.45) is 4.71. The summed E-state index contributed by atoms with van der Waals surface area (Å²) in [5.41, 5.74) is 1.02. The molecule has 0 saturated carbocycles. The van der Waals surface area contributed by atoms with Crippen molar-refractivity contribution in [3.05, 3.63) is 72.1 Å². The molecule has 2 aliphatic heterocycles. The Balaban J connectivity index is 1.16. The van der Waals surface area contributed by atoms with Gasteiger partial charge in [0.15, 0.2) is 0 Å². The lowest BCUT2D eigenvalue weighted by atomic mass is 10.2. The van der Waals surface area contributed by atoms with Gasteiger partial charge in [-0.3, -0.25) is 14.4 Å². The molecule has 11 nitrogen and oxygen atoms in total. The minimum atomic E-state index is -3.98. The Hall–Kier alpha value is -3.55. The van der Waals surface area contributed by atoms with Crippen molar-refractivity contribution in [3.63, 3.8) is 0 Å². The van der Waals surface area contributed by atoms with Gasteiger partial charge in [-0.2, -0.15) is 0 Å². The number of aromatic nitrogens is 2. The topological polar surface area (TPSA) is 133 Å². The number of aryl methyl sites for hydroxylation is 1. The van der Waals surface area contributed by atoms with E-state index in [1.54, 1.807) is 30.6 Å². The van der Waals surface area contributed by atoms with Gasteiger partial charge in [0.1, 0.15) is 4.90 Å². The molecule has 0 bridgehead atoms. The van der Waals surface area contributed by atoms with Crippen LogP contribution in [0.2, 0.25) is 0 Å². The van der Waals surface area contributed by atoms with Gasteiger partial charge in [0.2, 0.25) is 5.95 Å². The molecule has 0 aliphatic carbocycles. The summed E-state index contributed by atoms with van der Waals surface area (Å²) in [5.74, 6) is 0.0819. The number of sulfonamides is 2. The lowest BCUT2D eigenvalue weighted by Crippen LogP contribution is -2.47. The van der Waals surface area contributed by atoms with Gasteiger partial charge < -0.3 is 4.90 Å². The standard InChI is InChI=1S/C26H30N6O5S2/c1-20-5-8-22(9-6-20)38(34,35)29-21-7-10-24-23(19-21)25(33)32(39(24,36)37)14-3-2-13-30-15-17-31(18-16-30)26-27-11-4-12-28-26/h4-12,19,29H,2-3,13-18H2,1H3. The fraction of sp³-hybridized carbons (Fsp3) is 0.346. The van der Waals surface area contributed by atoms with Crippen LogP contribution >= 0.6 is 0 Å². The zero-order valence-electron chi connectivity index (χ0n) is 21.5. The first-order valence-electron chi connectivity index (χ1n) is 12.7. The average Bonchev–Trinajstić information content (AvgIpc) is 3.11. The molecular formula is C26H30N6O5S2. The minimum Gasteiger partial charge on any atom is -0.338 e. The highest BCUT2D eigenvalue weighted by atomic mass is 32.2. The molecule has 0 atom stereocenters. The van der Waals surface area contributed by atoms with Crippen molar-refractivity contribution in [1.29, 1.82) is 0 Å². The van der Waals surface area contributed by atoms with Crippen LogP contribution < -0.4 is 9.62 Å². The van der Waals surface area contributed by atoms with Crippen LogP contribution in [0.15, 0.2) is 70.7 Å². The van der Waals surface area contributed by atoms with Crippen molar-refractivity contribution in [3.8, 4) is 0 Å². The zero-order chi connectivity index (χ0) is 27.6. The number of anilines is 2. The van der Waals surface area contributed by atoms with Crippen molar-refractivity contribution < 1.29 is 21.6 Å². The highest BCUT2D eigenvalue weighted by Crippen LogP contribution is 2.33. The van der Waals surface area contributed by atoms with Crippen LogP contribution in [0.4, 0.5) is 11.6 Å². The number of hydrogen-bond donors (Lipinski definition) is 1. The number of nitrogens with one attached hydrogen (secondary N) is 1. The summed E-state index contributed by atoms with van der Waals surface area (Å²) >= 11 is 0.